The normalized spacial score (nSPS) is 16.7. The molecule has 0 aromatic heterocycles. The predicted octanol–water partition coefficient (Wildman–Crippen LogP) is 4.50. The van der Waals surface area contributed by atoms with Gasteiger partial charge in [-0.15, -0.1) is 0 Å². The predicted molar refractivity (Wildman–Crippen MR) is 85.3 cm³/mol. The maximum Gasteiger partial charge on any atom is 0.137 e. The Morgan fingerprint density at radius 1 is 1.14 bits per heavy atom. The molecule has 2 heteroatoms. The van der Waals surface area contributed by atoms with Crippen LogP contribution in [0.25, 0.3) is 0 Å². The summed E-state index contributed by atoms with van der Waals surface area (Å²) in [5, 5.41) is 0. The van der Waals surface area contributed by atoms with Crippen LogP contribution in [-0.4, -0.2) is 12.7 Å². The van der Waals surface area contributed by atoms with E-state index in [0.29, 0.717) is 12.5 Å². The van der Waals surface area contributed by atoms with Crippen LogP contribution in [0.2, 0.25) is 0 Å². The number of aryl methyl sites for hydroxylation is 1. The molecular weight excluding hydrogens is 260 g/mol. The molecule has 1 aliphatic rings. The fourth-order valence-electron chi connectivity index (χ4n) is 2.68. The van der Waals surface area contributed by atoms with Gasteiger partial charge in [0, 0.05) is 6.42 Å². The van der Waals surface area contributed by atoms with Crippen molar-refractivity contribution >= 4 is 0 Å². The lowest BCUT2D eigenvalue weighted by Crippen LogP contribution is -2.22. The van der Waals surface area contributed by atoms with Crippen molar-refractivity contribution in [1.82, 2.24) is 0 Å². The number of fused-ring (bicyclic) bond motifs is 1. The summed E-state index contributed by atoms with van der Waals surface area (Å²) in [6.07, 6.45) is 1.05. The first-order valence-corrected chi connectivity index (χ1v) is 7.61. The Bertz CT molecular complexity index is 614. The van der Waals surface area contributed by atoms with E-state index in [4.69, 9.17) is 9.47 Å². The van der Waals surface area contributed by atoms with Gasteiger partial charge in [-0.1, -0.05) is 43.7 Å². The lowest BCUT2D eigenvalue weighted by molar-refractivity contribution is 0.148. The Balaban J connectivity index is 1.57. The Morgan fingerprint density at radius 3 is 2.62 bits per heavy atom. The van der Waals surface area contributed by atoms with Crippen LogP contribution in [0.1, 0.15) is 36.5 Å². The highest BCUT2D eigenvalue weighted by Gasteiger charge is 2.23. The second-order valence-corrected chi connectivity index (χ2v) is 6.09. The Hall–Kier alpha value is -1.96. The van der Waals surface area contributed by atoms with E-state index in [1.807, 2.05) is 12.1 Å². The van der Waals surface area contributed by atoms with Crippen molar-refractivity contribution in [2.75, 3.05) is 6.61 Å². The topological polar surface area (TPSA) is 18.5 Å². The van der Waals surface area contributed by atoms with Crippen LogP contribution in [0.3, 0.4) is 0 Å². The quantitative estimate of drug-likeness (QED) is 0.822. The van der Waals surface area contributed by atoms with E-state index in [1.54, 1.807) is 0 Å². The van der Waals surface area contributed by atoms with Crippen molar-refractivity contribution in [1.29, 1.82) is 0 Å². The molecule has 0 saturated heterocycles. The Morgan fingerprint density at radius 2 is 1.90 bits per heavy atom. The molecule has 21 heavy (non-hydrogen) atoms. The molecule has 1 heterocycles. The third-order valence-corrected chi connectivity index (χ3v) is 3.94. The van der Waals surface area contributed by atoms with Gasteiger partial charge < -0.3 is 9.47 Å². The van der Waals surface area contributed by atoms with Gasteiger partial charge in [0.2, 0.25) is 0 Å². The van der Waals surface area contributed by atoms with Gasteiger partial charge in [0.15, 0.2) is 0 Å². The minimum Gasteiger partial charge on any atom is -0.490 e. The molecule has 2 aromatic rings. The fourth-order valence-corrected chi connectivity index (χ4v) is 2.68. The van der Waals surface area contributed by atoms with Gasteiger partial charge in [0.25, 0.3) is 0 Å². The van der Waals surface area contributed by atoms with Gasteiger partial charge in [-0.3, -0.25) is 0 Å². The van der Waals surface area contributed by atoms with Crippen LogP contribution in [0.15, 0.2) is 42.5 Å². The number of hydrogen-bond donors (Lipinski definition) is 0. The van der Waals surface area contributed by atoms with E-state index in [2.05, 4.69) is 51.1 Å². The summed E-state index contributed by atoms with van der Waals surface area (Å²) < 4.78 is 11.8. The maximum absolute atomic E-state index is 5.92. The molecule has 0 aliphatic carbocycles. The summed E-state index contributed by atoms with van der Waals surface area (Å²) in [5.41, 5.74) is 3.91. The standard InChI is InChI=1S/C19H22O2/c1-13(2)15-5-7-17(8-6-15)20-12-18-11-16-10-14(3)4-9-19(16)21-18/h4-10,13,18H,11-12H2,1-3H3. The van der Waals surface area contributed by atoms with Crippen molar-refractivity contribution in [3.8, 4) is 11.5 Å². The molecular formula is C19H22O2. The second-order valence-electron chi connectivity index (χ2n) is 6.09. The van der Waals surface area contributed by atoms with Crippen molar-refractivity contribution in [3.63, 3.8) is 0 Å². The first kappa shape index (κ1) is 14.0. The number of benzene rings is 2. The molecule has 1 unspecified atom stereocenters. The van der Waals surface area contributed by atoms with Gasteiger partial charge >= 0.3 is 0 Å². The van der Waals surface area contributed by atoms with Crippen LogP contribution in [0, 0.1) is 6.92 Å². The zero-order valence-corrected chi connectivity index (χ0v) is 12.9. The highest BCUT2D eigenvalue weighted by Crippen LogP contribution is 2.30. The summed E-state index contributed by atoms with van der Waals surface area (Å²) >= 11 is 0. The van der Waals surface area contributed by atoms with Crippen molar-refractivity contribution in [2.45, 2.75) is 39.2 Å². The molecule has 0 bridgehead atoms. The molecule has 3 rings (SSSR count). The SMILES string of the molecule is Cc1ccc2c(c1)CC(COc1ccc(C(C)C)cc1)O2. The van der Waals surface area contributed by atoms with E-state index >= 15 is 0 Å². The molecule has 1 atom stereocenters. The molecule has 0 fully saturated rings. The monoisotopic (exact) mass is 282 g/mol. The number of ether oxygens (including phenoxy) is 2. The third-order valence-electron chi connectivity index (χ3n) is 3.94. The molecule has 2 aromatic carbocycles. The van der Waals surface area contributed by atoms with Gasteiger partial charge in [-0.05, 0) is 42.2 Å². The van der Waals surface area contributed by atoms with E-state index < -0.39 is 0 Å². The highest BCUT2D eigenvalue weighted by atomic mass is 16.5. The minimum absolute atomic E-state index is 0.117. The summed E-state index contributed by atoms with van der Waals surface area (Å²) in [7, 11) is 0. The van der Waals surface area contributed by atoms with Crippen molar-refractivity contribution in [3.05, 3.63) is 59.2 Å². The van der Waals surface area contributed by atoms with E-state index in [1.165, 1.54) is 16.7 Å². The van der Waals surface area contributed by atoms with E-state index in [9.17, 15) is 0 Å². The zero-order chi connectivity index (χ0) is 14.8. The molecule has 0 spiro atoms. The van der Waals surface area contributed by atoms with Crippen LogP contribution in [0.4, 0.5) is 0 Å². The smallest absolute Gasteiger partial charge is 0.137 e. The highest BCUT2D eigenvalue weighted by molar-refractivity contribution is 5.40. The number of rotatable bonds is 4. The molecule has 0 radical (unpaired) electrons. The van der Waals surface area contributed by atoms with Gasteiger partial charge in [-0.2, -0.15) is 0 Å². The molecule has 0 N–H and O–H groups in total. The van der Waals surface area contributed by atoms with E-state index in [0.717, 1.165) is 17.9 Å². The molecule has 0 amide bonds. The van der Waals surface area contributed by atoms with Crippen LogP contribution >= 0.6 is 0 Å². The third kappa shape index (κ3) is 3.21. The first-order chi connectivity index (χ1) is 10.1. The molecule has 110 valence electrons. The minimum atomic E-state index is 0.117. The first-order valence-electron chi connectivity index (χ1n) is 7.61. The maximum atomic E-state index is 5.92. The summed E-state index contributed by atoms with van der Waals surface area (Å²) in [4.78, 5) is 0. The lowest BCUT2D eigenvalue weighted by atomic mass is 10.0. The average Bonchev–Trinajstić information content (AvgIpc) is 2.87. The Kier molecular flexibility index (Phi) is 3.87. The number of hydrogen-bond acceptors (Lipinski definition) is 2. The molecule has 1 aliphatic heterocycles. The van der Waals surface area contributed by atoms with Gasteiger partial charge in [0.1, 0.15) is 24.2 Å². The van der Waals surface area contributed by atoms with Crippen molar-refractivity contribution in [2.24, 2.45) is 0 Å². The van der Waals surface area contributed by atoms with Gasteiger partial charge in [-0.25, -0.2) is 0 Å². The van der Waals surface area contributed by atoms with Crippen LogP contribution in [-0.2, 0) is 6.42 Å². The van der Waals surface area contributed by atoms with Crippen LogP contribution < -0.4 is 9.47 Å². The fraction of sp³-hybridized carbons (Fsp3) is 0.368. The van der Waals surface area contributed by atoms with Crippen molar-refractivity contribution < 1.29 is 9.47 Å². The Labute approximate surface area is 126 Å². The molecule has 0 saturated carbocycles. The zero-order valence-electron chi connectivity index (χ0n) is 12.9. The van der Waals surface area contributed by atoms with Gasteiger partial charge in [0.05, 0.1) is 0 Å². The summed E-state index contributed by atoms with van der Waals surface area (Å²) in [6, 6.07) is 14.7. The van der Waals surface area contributed by atoms with Crippen LogP contribution in [0.5, 0.6) is 11.5 Å². The average molecular weight is 282 g/mol. The lowest BCUT2D eigenvalue weighted by Gasteiger charge is -2.13. The second kappa shape index (κ2) is 5.80. The molecule has 2 nitrogen and oxygen atoms in total. The summed E-state index contributed by atoms with van der Waals surface area (Å²) in [6.45, 7) is 7.10. The summed E-state index contributed by atoms with van der Waals surface area (Å²) in [5.74, 6) is 2.47. The van der Waals surface area contributed by atoms with E-state index in [-0.39, 0.29) is 6.10 Å². The largest absolute Gasteiger partial charge is 0.490 e.